The molecule has 0 bridgehead atoms. The number of nitrogens with zero attached hydrogens (tertiary/aromatic N) is 3. The molecule has 0 saturated carbocycles. The quantitative estimate of drug-likeness (QED) is 0.820. The third-order valence-corrected chi connectivity index (χ3v) is 3.18. The summed E-state index contributed by atoms with van der Waals surface area (Å²) in [4.78, 5) is 14.1. The van der Waals surface area contributed by atoms with E-state index in [0.29, 0.717) is 0 Å². The molecule has 0 unspecified atom stereocenters. The predicted molar refractivity (Wildman–Crippen MR) is 74.9 cm³/mol. The zero-order chi connectivity index (χ0) is 13.0. The highest BCUT2D eigenvalue weighted by atomic mass is 15.1. The average molecular weight is 247 g/mol. The number of aromatic nitrogens is 3. The Labute approximate surface area is 108 Å². The molecule has 0 aliphatic rings. The molecule has 2 heterocycles. The molecule has 5 nitrogen and oxygen atoms in total. The third-order valence-electron chi connectivity index (χ3n) is 3.18. The van der Waals surface area contributed by atoms with Crippen LogP contribution in [-0.2, 0) is 0 Å². The van der Waals surface area contributed by atoms with E-state index in [9.17, 15) is 0 Å². The van der Waals surface area contributed by atoms with Gasteiger partial charge in [0, 0.05) is 18.8 Å². The van der Waals surface area contributed by atoms with Crippen LogP contribution in [-0.4, -0.2) is 46.0 Å². The summed E-state index contributed by atoms with van der Waals surface area (Å²) in [5, 5.41) is 4.45. The Balaban J connectivity index is 2.03. The summed E-state index contributed by atoms with van der Waals surface area (Å²) in [5.41, 5.74) is 2.00. The van der Waals surface area contributed by atoms with Crippen LogP contribution in [0.4, 0.5) is 5.82 Å². The van der Waals surface area contributed by atoms with Crippen molar-refractivity contribution in [1.82, 2.24) is 19.9 Å². The number of fused-ring (bicyclic) bond motifs is 1. The van der Waals surface area contributed by atoms with Gasteiger partial charge in [-0.15, -0.1) is 0 Å². The summed E-state index contributed by atoms with van der Waals surface area (Å²) >= 11 is 0. The van der Waals surface area contributed by atoms with E-state index >= 15 is 0 Å². The van der Waals surface area contributed by atoms with Crippen LogP contribution in [0, 0.1) is 6.92 Å². The van der Waals surface area contributed by atoms with Gasteiger partial charge >= 0.3 is 0 Å². The van der Waals surface area contributed by atoms with E-state index in [2.05, 4.69) is 45.1 Å². The summed E-state index contributed by atoms with van der Waals surface area (Å²) in [5.74, 6) is 0.913. The first-order valence-corrected chi connectivity index (χ1v) is 6.51. The number of hydrogen-bond acceptors (Lipinski definition) is 4. The van der Waals surface area contributed by atoms with Crippen LogP contribution < -0.4 is 5.32 Å². The van der Waals surface area contributed by atoms with Crippen molar-refractivity contribution in [2.45, 2.75) is 20.8 Å². The van der Waals surface area contributed by atoms with Gasteiger partial charge in [0.1, 0.15) is 17.8 Å². The van der Waals surface area contributed by atoms with Gasteiger partial charge in [-0.25, -0.2) is 9.97 Å². The largest absolute Gasteiger partial charge is 0.368 e. The lowest BCUT2D eigenvalue weighted by atomic mass is 10.3. The van der Waals surface area contributed by atoms with Crippen LogP contribution in [0.1, 0.15) is 19.5 Å². The maximum Gasteiger partial charge on any atom is 0.143 e. The Morgan fingerprint density at radius 1 is 1.28 bits per heavy atom. The summed E-state index contributed by atoms with van der Waals surface area (Å²) in [6.45, 7) is 10.5. The molecule has 0 fully saturated rings. The first-order valence-electron chi connectivity index (χ1n) is 6.51. The molecule has 5 heteroatoms. The number of aryl methyl sites for hydroxylation is 1. The van der Waals surface area contributed by atoms with Crippen LogP contribution >= 0.6 is 0 Å². The Morgan fingerprint density at radius 2 is 2.06 bits per heavy atom. The lowest BCUT2D eigenvalue weighted by molar-refractivity contribution is 0.316. The van der Waals surface area contributed by atoms with Crippen molar-refractivity contribution in [3.63, 3.8) is 0 Å². The van der Waals surface area contributed by atoms with Gasteiger partial charge in [0.05, 0.1) is 5.39 Å². The third kappa shape index (κ3) is 2.79. The first-order chi connectivity index (χ1) is 8.74. The topological polar surface area (TPSA) is 56.8 Å². The molecule has 98 valence electrons. The number of anilines is 1. The van der Waals surface area contributed by atoms with E-state index in [1.165, 1.54) is 0 Å². The van der Waals surface area contributed by atoms with E-state index in [4.69, 9.17) is 0 Å². The molecule has 0 amide bonds. The molecular weight excluding hydrogens is 226 g/mol. The minimum Gasteiger partial charge on any atom is -0.368 e. The predicted octanol–water partition coefficient (Wildman–Crippen LogP) is 2.02. The van der Waals surface area contributed by atoms with Crippen LogP contribution in [0.5, 0.6) is 0 Å². The maximum atomic E-state index is 4.31. The van der Waals surface area contributed by atoms with Crippen molar-refractivity contribution in [3.05, 3.63) is 18.1 Å². The SMILES string of the molecule is CCN(CC)CCNc1ncnc2[nH]c(C)cc12. The Kier molecular flexibility index (Phi) is 4.15. The molecule has 0 atom stereocenters. The maximum absolute atomic E-state index is 4.31. The number of nitrogens with one attached hydrogen (secondary N) is 2. The van der Waals surface area contributed by atoms with Gasteiger partial charge in [-0.3, -0.25) is 0 Å². The van der Waals surface area contributed by atoms with Gasteiger partial charge in [-0.2, -0.15) is 0 Å². The lowest BCUT2D eigenvalue weighted by Crippen LogP contribution is -2.28. The molecule has 0 radical (unpaired) electrons. The summed E-state index contributed by atoms with van der Waals surface area (Å²) in [7, 11) is 0. The van der Waals surface area contributed by atoms with Crippen molar-refractivity contribution in [3.8, 4) is 0 Å². The normalized spacial score (nSPS) is 11.3. The number of rotatable bonds is 6. The molecule has 0 saturated heterocycles. The zero-order valence-electron chi connectivity index (χ0n) is 11.3. The molecule has 2 aromatic heterocycles. The molecule has 0 aromatic carbocycles. The number of likely N-dealkylation sites (N-methyl/N-ethyl adjacent to an activating group) is 1. The van der Waals surface area contributed by atoms with E-state index < -0.39 is 0 Å². The van der Waals surface area contributed by atoms with Crippen LogP contribution in [0.2, 0.25) is 0 Å². The van der Waals surface area contributed by atoms with Crippen molar-refractivity contribution in [1.29, 1.82) is 0 Å². The van der Waals surface area contributed by atoms with Gasteiger partial charge in [0.2, 0.25) is 0 Å². The van der Waals surface area contributed by atoms with E-state index in [0.717, 1.165) is 48.7 Å². The molecule has 0 spiro atoms. The van der Waals surface area contributed by atoms with Crippen molar-refractivity contribution < 1.29 is 0 Å². The second-order valence-corrected chi connectivity index (χ2v) is 4.39. The fourth-order valence-corrected chi connectivity index (χ4v) is 2.08. The van der Waals surface area contributed by atoms with Crippen LogP contribution in [0.25, 0.3) is 11.0 Å². The molecule has 2 N–H and O–H groups in total. The van der Waals surface area contributed by atoms with Crippen molar-refractivity contribution in [2.24, 2.45) is 0 Å². The fourth-order valence-electron chi connectivity index (χ4n) is 2.08. The highest BCUT2D eigenvalue weighted by Crippen LogP contribution is 2.19. The van der Waals surface area contributed by atoms with E-state index in [1.54, 1.807) is 6.33 Å². The standard InChI is InChI=1S/C13H21N5/c1-4-18(5-2)7-6-14-12-11-8-10(3)17-13(11)16-9-15-12/h8-9H,4-7H2,1-3H3,(H2,14,15,16,17). The number of aromatic amines is 1. The lowest BCUT2D eigenvalue weighted by Gasteiger charge is -2.18. The second-order valence-electron chi connectivity index (χ2n) is 4.39. The highest BCUT2D eigenvalue weighted by molar-refractivity contribution is 5.87. The van der Waals surface area contributed by atoms with Crippen molar-refractivity contribution in [2.75, 3.05) is 31.5 Å². The minimum atomic E-state index is 0.896. The fraction of sp³-hybridized carbons (Fsp3) is 0.538. The van der Waals surface area contributed by atoms with Gasteiger partial charge < -0.3 is 15.2 Å². The Bertz CT molecular complexity index is 501. The molecular formula is C13H21N5. The van der Waals surface area contributed by atoms with Crippen LogP contribution in [0.3, 0.4) is 0 Å². The molecule has 2 aromatic rings. The smallest absolute Gasteiger partial charge is 0.143 e. The van der Waals surface area contributed by atoms with Crippen LogP contribution in [0.15, 0.2) is 12.4 Å². The molecule has 18 heavy (non-hydrogen) atoms. The second kappa shape index (κ2) is 5.82. The number of H-pyrrole nitrogens is 1. The highest BCUT2D eigenvalue weighted by Gasteiger charge is 2.06. The zero-order valence-corrected chi connectivity index (χ0v) is 11.3. The Morgan fingerprint density at radius 3 is 2.78 bits per heavy atom. The molecule has 0 aliphatic carbocycles. The summed E-state index contributed by atoms with van der Waals surface area (Å²) in [6.07, 6.45) is 1.60. The number of hydrogen-bond donors (Lipinski definition) is 2. The molecule has 0 aliphatic heterocycles. The monoisotopic (exact) mass is 247 g/mol. The minimum absolute atomic E-state index is 0.896. The Hall–Kier alpha value is -1.62. The van der Waals surface area contributed by atoms with Gasteiger partial charge in [0.25, 0.3) is 0 Å². The summed E-state index contributed by atoms with van der Waals surface area (Å²) < 4.78 is 0. The average Bonchev–Trinajstić information content (AvgIpc) is 2.75. The summed E-state index contributed by atoms with van der Waals surface area (Å²) in [6, 6.07) is 2.08. The van der Waals surface area contributed by atoms with Crippen molar-refractivity contribution >= 4 is 16.9 Å². The van der Waals surface area contributed by atoms with Gasteiger partial charge in [0.15, 0.2) is 0 Å². The first kappa shape index (κ1) is 12.8. The van der Waals surface area contributed by atoms with E-state index in [1.807, 2.05) is 6.92 Å². The van der Waals surface area contributed by atoms with E-state index in [-0.39, 0.29) is 0 Å². The molecule has 2 rings (SSSR count). The van der Waals surface area contributed by atoms with Gasteiger partial charge in [-0.05, 0) is 26.1 Å². The van der Waals surface area contributed by atoms with Gasteiger partial charge in [-0.1, -0.05) is 13.8 Å².